The van der Waals surface area contributed by atoms with Crippen LogP contribution in [0.4, 0.5) is 0 Å². The zero-order chi connectivity index (χ0) is 15.2. The third-order valence-corrected chi connectivity index (χ3v) is 3.39. The van der Waals surface area contributed by atoms with Crippen LogP contribution in [-0.4, -0.2) is 16.1 Å². The Labute approximate surface area is 124 Å². The van der Waals surface area contributed by atoms with Crippen molar-refractivity contribution in [3.8, 4) is 17.8 Å². The van der Waals surface area contributed by atoms with Crippen molar-refractivity contribution in [2.45, 2.75) is 26.3 Å². The van der Waals surface area contributed by atoms with E-state index in [1.807, 2.05) is 30.3 Å². The molecule has 1 unspecified atom stereocenters. The van der Waals surface area contributed by atoms with Crippen molar-refractivity contribution >= 4 is 0 Å². The first-order valence-corrected chi connectivity index (χ1v) is 6.96. The lowest BCUT2D eigenvalue weighted by atomic mass is 10.0. The molecule has 0 aliphatic carbocycles. The molecule has 0 radical (unpaired) electrons. The smallest absolute Gasteiger partial charge is 0.177 e. The second-order valence-corrected chi connectivity index (χ2v) is 4.65. The maximum Gasteiger partial charge on any atom is 0.177 e. The summed E-state index contributed by atoms with van der Waals surface area (Å²) < 4.78 is 1.65. The molecule has 1 N–H and O–H groups in total. The Balaban J connectivity index is 2.45. The van der Waals surface area contributed by atoms with Gasteiger partial charge in [-0.3, -0.25) is 4.57 Å². The predicted molar refractivity (Wildman–Crippen MR) is 79.7 cm³/mol. The van der Waals surface area contributed by atoms with Crippen LogP contribution in [0.25, 0.3) is 5.69 Å². The molecular formula is C16H17N5. The molecule has 0 saturated heterocycles. The first-order valence-electron chi connectivity index (χ1n) is 6.96. The number of nitrogens with zero attached hydrogens (tertiary/aromatic N) is 4. The highest BCUT2D eigenvalue weighted by molar-refractivity contribution is 5.45. The van der Waals surface area contributed by atoms with Crippen molar-refractivity contribution in [3.63, 3.8) is 0 Å². The Morgan fingerprint density at radius 1 is 1.29 bits per heavy atom. The fourth-order valence-electron chi connectivity index (χ4n) is 2.37. The lowest BCUT2D eigenvalue weighted by Crippen LogP contribution is -2.20. The van der Waals surface area contributed by atoms with Crippen LogP contribution in [0.3, 0.4) is 0 Å². The van der Waals surface area contributed by atoms with E-state index in [-0.39, 0.29) is 17.4 Å². The summed E-state index contributed by atoms with van der Waals surface area (Å²) in [6, 6.07) is 12.2. The minimum Gasteiger partial charge on any atom is -0.310 e. The number of imidazole rings is 1. The van der Waals surface area contributed by atoms with Crippen molar-refractivity contribution in [2.24, 2.45) is 0 Å². The van der Waals surface area contributed by atoms with Crippen molar-refractivity contribution in [2.75, 3.05) is 6.54 Å². The Morgan fingerprint density at radius 3 is 2.71 bits per heavy atom. The predicted octanol–water partition coefficient (Wildman–Crippen LogP) is 2.68. The van der Waals surface area contributed by atoms with Crippen molar-refractivity contribution in [1.29, 1.82) is 10.5 Å². The lowest BCUT2D eigenvalue weighted by Gasteiger charge is -2.17. The average Bonchev–Trinajstić information content (AvgIpc) is 2.95. The molecule has 5 heteroatoms. The summed E-state index contributed by atoms with van der Waals surface area (Å²) in [4.78, 5) is 3.98. The van der Waals surface area contributed by atoms with Crippen molar-refractivity contribution < 1.29 is 0 Å². The molecule has 0 fully saturated rings. The van der Waals surface area contributed by atoms with Crippen molar-refractivity contribution in [1.82, 2.24) is 14.9 Å². The van der Waals surface area contributed by atoms with Gasteiger partial charge < -0.3 is 5.32 Å². The van der Waals surface area contributed by atoms with E-state index in [0.29, 0.717) is 0 Å². The second-order valence-electron chi connectivity index (χ2n) is 4.65. The number of benzene rings is 1. The topological polar surface area (TPSA) is 77.4 Å². The van der Waals surface area contributed by atoms with E-state index >= 15 is 0 Å². The van der Waals surface area contributed by atoms with Gasteiger partial charge in [0.15, 0.2) is 11.4 Å². The Morgan fingerprint density at radius 2 is 2.10 bits per heavy atom. The van der Waals surface area contributed by atoms with Crippen LogP contribution in [0, 0.1) is 22.7 Å². The number of nitriles is 2. The fourth-order valence-corrected chi connectivity index (χ4v) is 2.37. The number of hydrogen-bond donors (Lipinski definition) is 1. The van der Waals surface area contributed by atoms with E-state index in [4.69, 9.17) is 5.26 Å². The van der Waals surface area contributed by atoms with Gasteiger partial charge in [0.25, 0.3) is 0 Å². The van der Waals surface area contributed by atoms with Crippen LogP contribution in [-0.2, 0) is 0 Å². The molecule has 0 saturated carbocycles. The van der Waals surface area contributed by atoms with Crippen molar-refractivity contribution in [3.05, 3.63) is 47.5 Å². The molecule has 1 aromatic heterocycles. The summed E-state index contributed by atoms with van der Waals surface area (Å²) in [6.45, 7) is 5.11. The normalized spacial score (nSPS) is 11.6. The summed E-state index contributed by atoms with van der Waals surface area (Å²) in [6.07, 6.45) is 2.50. The van der Waals surface area contributed by atoms with Crippen LogP contribution in [0.1, 0.15) is 43.3 Å². The Kier molecular flexibility index (Phi) is 4.71. The number of hydrogen-bond acceptors (Lipinski definition) is 4. The number of rotatable bonds is 5. The summed E-state index contributed by atoms with van der Waals surface area (Å²) in [5.41, 5.74) is 2.43. The molecule has 0 aliphatic rings. The molecule has 106 valence electrons. The van der Waals surface area contributed by atoms with Gasteiger partial charge in [-0.25, -0.2) is 4.98 Å². The zero-order valence-corrected chi connectivity index (χ0v) is 12.2. The van der Waals surface area contributed by atoms with E-state index < -0.39 is 0 Å². The number of nitrogens with one attached hydrogen (secondary N) is 1. The van der Waals surface area contributed by atoms with Gasteiger partial charge in [-0.2, -0.15) is 10.5 Å². The quantitative estimate of drug-likeness (QED) is 0.912. The molecule has 1 aromatic carbocycles. The highest BCUT2D eigenvalue weighted by Gasteiger charge is 2.13. The molecule has 2 rings (SSSR count). The molecular weight excluding hydrogens is 262 g/mol. The SMILES string of the molecule is CCNC(CC)c1cccc(-n2cnc(C#N)c2C#N)c1. The van der Waals surface area contributed by atoms with Crippen LogP contribution in [0.2, 0.25) is 0 Å². The largest absolute Gasteiger partial charge is 0.310 e. The second kappa shape index (κ2) is 6.69. The summed E-state index contributed by atoms with van der Waals surface area (Å²) in [5.74, 6) is 0. The third-order valence-electron chi connectivity index (χ3n) is 3.39. The lowest BCUT2D eigenvalue weighted by molar-refractivity contribution is 0.537. The molecule has 1 atom stereocenters. The van der Waals surface area contributed by atoms with E-state index in [9.17, 15) is 5.26 Å². The van der Waals surface area contributed by atoms with Gasteiger partial charge in [0.2, 0.25) is 0 Å². The van der Waals surface area contributed by atoms with Gasteiger partial charge >= 0.3 is 0 Å². The molecule has 5 nitrogen and oxygen atoms in total. The minimum absolute atomic E-state index is 0.154. The zero-order valence-electron chi connectivity index (χ0n) is 12.2. The van der Waals surface area contributed by atoms with Gasteiger partial charge in [-0.05, 0) is 30.7 Å². The Hall–Kier alpha value is -2.63. The van der Waals surface area contributed by atoms with Crippen LogP contribution < -0.4 is 5.32 Å². The maximum atomic E-state index is 9.22. The highest BCUT2D eigenvalue weighted by Crippen LogP contribution is 2.21. The maximum absolute atomic E-state index is 9.22. The van der Waals surface area contributed by atoms with Gasteiger partial charge in [-0.15, -0.1) is 0 Å². The number of aromatic nitrogens is 2. The first-order chi connectivity index (χ1) is 10.2. The van der Waals surface area contributed by atoms with Gasteiger partial charge in [0.1, 0.15) is 18.5 Å². The third kappa shape index (κ3) is 2.94. The molecule has 1 heterocycles. The molecule has 21 heavy (non-hydrogen) atoms. The van der Waals surface area contributed by atoms with E-state index in [0.717, 1.165) is 24.2 Å². The molecule has 0 bridgehead atoms. The van der Waals surface area contributed by atoms with Crippen LogP contribution in [0.15, 0.2) is 30.6 Å². The fraction of sp³-hybridized carbons (Fsp3) is 0.312. The molecule has 2 aromatic rings. The standard InChI is InChI=1S/C16H17N5/c1-3-14(19-4-2)12-6-5-7-13(8-12)21-11-20-15(9-17)16(21)10-18/h5-8,11,14,19H,3-4H2,1-2H3. The molecule has 0 spiro atoms. The summed E-state index contributed by atoms with van der Waals surface area (Å²) in [7, 11) is 0. The van der Waals surface area contributed by atoms with E-state index in [1.54, 1.807) is 4.57 Å². The summed E-state index contributed by atoms with van der Waals surface area (Å²) >= 11 is 0. The van der Waals surface area contributed by atoms with Gasteiger partial charge in [-0.1, -0.05) is 26.0 Å². The highest BCUT2D eigenvalue weighted by atomic mass is 15.1. The van der Waals surface area contributed by atoms with Gasteiger partial charge in [0.05, 0.1) is 0 Å². The molecule has 0 aliphatic heterocycles. The average molecular weight is 279 g/mol. The first kappa shape index (κ1) is 14.8. The van der Waals surface area contributed by atoms with E-state index in [1.165, 1.54) is 6.33 Å². The van der Waals surface area contributed by atoms with E-state index in [2.05, 4.69) is 30.2 Å². The minimum atomic E-state index is 0.154. The van der Waals surface area contributed by atoms with Crippen LogP contribution in [0.5, 0.6) is 0 Å². The van der Waals surface area contributed by atoms with Gasteiger partial charge in [0, 0.05) is 11.7 Å². The molecule has 0 amide bonds. The monoisotopic (exact) mass is 279 g/mol. The Bertz CT molecular complexity index is 702. The van der Waals surface area contributed by atoms with Crippen LogP contribution >= 0.6 is 0 Å². The summed E-state index contributed by atoms with van der Waals surface area (Å²) in [5, 5.41) is 21.6.